The van der Waals surface area contributed by atoms with E-state index < -0.39 is 15.9 Å². The fourth-order valence-electron chi connectivity index (χ4n) is 1.38. The summed E-state index contributed by atoms with van der Waals surface area (Å²) in [6, 6.07) is 3.98. The van der Waals surface area contributed by atoms with Crippen molar-refractivity contribution >= 4 is 21.7 Å². The van der Waals surface area contributed by atoms with E-state index in [9.17, 15) is 18.0 Å². The molecular weight excluding hydrogens is 218 g/mol. The number of Topliss-reactive ketones (excluding diaryl/α,β-unsaturated/α-hetero) is 1. The maximum atomic E-state index is 11.4. The third-order valence-electron chi connectivity index (χ3n) is 2.15. The molecule has 15 heavy (non-hydrogen) atoms. The van der Waals surface area contributed by atoms with Crippen molar-refractivity contribution in [2.24, 2.45) is 0 Å². The molecule has 0 unspecified atom stereocenters. The molecule has 1 aromatic carbocycles. The Morgan fingerprint density at radius 2 is 2.00 bits per heavy atom. The molecule has 6 heteroatoms. The third kappa shape index (κ3) is 1.42. The number of hydrogen-bond acceptors (Lipinski definition) is 4. The average molecular weight is 225 g/mol. The first-order chi connectivity index (χ1) is 6.92. The first-order valence-corrected chi connectivity index (χ1v) is 5.62. The van der Waals surface area contributed by atoms with Crippen LogP contribution >= 0.6 is 0 Å². The van der Waals surface area contributed by atoms with Crippen LogP contribution in [-0.2, 0) is 10.0 Å². The lowest BCUT2D eigenvalue weighted by atomic mass is 10.1. The van der Waals surface area contributed by atoms with Crippen LogP contribution < -0.4 is 4.72 Å². The van der Waals surface area contributed by atoms with Gasteiger partial charge in [0.15, 0.2) is 5.78 Å². The Balaban J connectivity index is 2.73. The SMILES string of the molecule is CC(=O)c1ccc2c(c1)S(=O)(=O)NC2=O. The van der Waals surface area contributed by atoms with Crippen molar-refractivity contribution in [1.29, 1.82) is 0 Å². The van der Waals surface area contributed by atoms with Crippen molar-refractivity contribution in [2.75, 3.05) is 0 Å². The highest BCUT2D eigenvalue weighted by molar-refractivity contribution is 7.90. The van der Waals surface area contributed by atoms with Gasteiger partial charge in [0.2, 0.25) is 0 Å². The van der Waals surface area contributed by atoms with Gasteiger partial charge in [-0.2, -0.15) is 0 Å². The lowest BCUT2D eigenvalue weighted by Crippen LogP contribution is -2.20. The maximum absolute atomic E-state index is 11.4. The molecule has 78 valence electrons. The van der Waals surface area contributed by atoms with E-state index in [0.717, 1.165) is 0 Å². The smallest absolute Gasteiger partial charge is 0.266 e. The molecular formula is C9H7NO4S. The molecule has 0 radical (unpaired) electrons. The molecule has 0 atom stereocenters. The Morgan fingerprint density at radius 3 is 2.60 bits per heavy atom. The van der Waals surface area contributed by atoms with Gasteiger partial charge in [0.05, 0.1) is 5.56 Å². The highest BCUT2D eigenvalue weighted by Gasteiger charge is 2.32. The summed E-state index contributed by atoms with van der Waals surface area (Å²) in [7, 11) is -3.76. The van der Waals surface area contributed by atoms with Crippen LogP contribution in [0.4, 0.5) is 0 Å². The highest BCUT2D eigenvalue weighted by Crippen LogP contribution is 2.23. The molecule has 0 aliphatic carbocycles. The van der Waals surface area contributed by atoms with Crippen LogP contribution in [0.2, 0.25) is 0 Å². The Kier molecular flexibility index (Phi) is 1.90. The number of fused-ring (bicyclic) bond motifs is 1. The summed E-state index contributed by atoms with van der Waals surface area (Å²) in [6.07, 6.45) is 0. The summed E-state index contributed by atoms with van der Waals surface area (Å²) in [6.45, 7) is 1.33. The molecule has 0 aromatic heterocycles. The molecule has 1 aromatic rings. The second kappa shape index (κ2) is 2.90. The Labute approximate surface area is 86.2 Å². The lowest BCUT2D eigenvalue weighted by molar-refractivity contribution is 0.0980. The number of sulfonamides is 1. The van der Waals surface area contributed by atoms with Gasteiger partial charge in [-0.05, 0) is 19.1 Å². The van der Waals surface area contributed by atoms with Crippen LogP contribution in [0.5, 0.6) is 0 Å². The predicted octanol–water partition coefficient (Wildman–Crippen LogP) is 0.321. The molecule has 0 saturated carbocycles. The standard InChI is InChI=1S/C9H7NO4S/c1-5(11)6-2-3-7-8(4-6)15(13,14)10-9(7)12/h2-4H,1H3,(H,10,12). The predicted molar refractivity (Wildman–Crippen MR) is 51.1 cm³/mol. The summed E-state index contributed by atoms with van der Waals surface area (Å²) in [4.78, 5) is 22.1. The van der Waals surface area contributed by atoms with Crippen LogP contribution in [0.1, 0.15) is 27.6 Å². The van der Waals surface area contributed by atoms with E-state index in [4.69, 9.17) is 0 Å². The van der Waals surface area contributed by atoms with Crippen LogP contribution in [0, 0.1) is 0 Å². The minimum Gasteiger partial charge on any atom is -0.295 e. The van der Waals surface area contributed by atoms with Crippen molar-refractivity contribution in [3.8, 4) is 0 Å². The maximum Gasteiger partial charge on any atom is 0.266 e. The molecule has 0 fully saturated rings. The molecule has 0 bridgehead atoms. The van der Waals surface area contributed by atoms with Gasteiger partial charge in [0.25, 0.3) is 15.9 Å². The summed E-state index contributed by atoms with van der Waals surface area (Å²) in [5, 5.41) is 0. The number of nitrogens with one attached hydrogen (secondary N) is 1. The number of ketones is 1. The van der Waals surface area contributed by atoms with Gasteiger partial charge in [-0.3, -0.25) is 9.59 Å². The van der Waals surface area contributed by atoms with E-state index in [0.29, 0.717) is 0 Å². The average Bonchev–Trinajstić information content (AvgIpc) is 2.37. The van der Waals surface area contributed by atoms with Crippen molar-refractivity contribution in [2.45, 2.75) is 11.8 Å². The molecule has 0 saturated heterocycles. The first kappa shape index (κ1) is 9.85. The second-order valence-corrected chi connectivity index (χ2v) is 4.85. The number of rotatable bonds is 1. The molecule has 5 nitrogen and oxygen atoms in total. The van der Waals surface area contributed by atoms with Gasteiger partial charge in [-0.15, -0.1) is 0 Å². The van der Waals surface area contributed by atoms with E-state index in [2.05, 4.69) is 0 Å². The van der Waals surface area contributed by atoms with E-state index in [1.807, 2.05) is 4.72 Å². The van der Waals surface area contributed by atoms with Crippen LogP contribution in [0.15, 0.2) is 23.1 Å². The van der Waals surface area contributed by atoms with Crippen molar-refractivity contribution < 1.29 is 18.0 Å². The monoisotopic (exact) mass is 225 g/mol. The van der Waals surface area contributed by atoms with Crippen LogP contribution in [0.3, 0.4) is 0 Å². The van der Waals surface area contributed by atoms with Gasteiger partial charge in [-0.25, -0.2) is 13.1 Å². The lowest BCUT2D eigenvalue weighted by Gasteiger charge is -1.98. The van der Waals surface area contributed by atoms with Gasteiger partial charge < -0.3 is 0 Å². The Hall–Kier alpha value is -1.69. The number of carbonyl (C=O) groups excluding carboxylic acids is 2. The highest BCUT2D eigenvalue weighted by atomic mass is 32.2. The van der Waals surface area contributed by atoms with Gasteiger partial charge in [0, 0.05) is 5.56 Å². The van der Waals surface area contributed by atoms with Gasteiger partial charge >= 0.3 is 0 Å². The molecule has 1 aliphatic heterocycles. The van der Waals surface area contributed by atoms with Crippen molar-refractivity contribution in [3.63, 3.8) is 0 Å². The summed E-state index contributed by atoms with van der Waals surface area (Å²) < 4.78 is 24.6. The van der Waals surface area contributed by atoms with Crippen molar-refractivity contribution in [3.05, 3.63) is 29.3 Å². The quantitative estimate of drug-likeness (QED) is 0.698. The first-order valence-electron chi connectivity index (χ1n) is 4.14. The van der Waals surface area contributed by atoms with E-state index in [1.165, 1.54) is 25.1 Å². The Bertz CT molecular complexity index is 574. The summed E-state index contributed by atoms with van der Waals surface area (Å²) in [5.74, 6) is -0.896. The fourth-order valence-corrected chi connectivity index (χ4v) is 2.58. The number of amides is 1. The minimum atomic E-state index is -3.76. The zero-order chi connectivity index (χ0) is 11.2. The van der Waals surface area contributed by atoms with E-state index >= 15 is 0 Å². The molecule has 1 amide bonds. The third-order valence-corrected chi connectivity index (χ3v) is 3.52. The van der Waals surface area contributed by atoms with E-state index in [1.54, 1.807) is 0 Å². The molecule has 2 rings (SSSR count). The second-order valence-electron chi connectivity index (χ2n) is 3.20. The summed E-state index contributed by atoms with van der Waals surface area (Å²) in [5.41, 5.74) is 0.355. The fraction of sp³-hybridized carbons (Fsp3) is 0.111. The largest absolute Gasteiger partial charge is 0.295 e. The molecule has 1 heterocycles. The summed E-state index contributed by atoms with van der Waals surface area (Å²) >= 11 is 0. The van der Waals surface area contributed by atoms with E-state index in [-0.39, 0.29) is 21.8 Å². The number of hydrogen-bond donors (Lipinski definition) is 1. The van der Waals surface area contributed by atoms with Gasteiger partial charge in [0.1, 0.15) is 4.90 Å². The number of carbonyl (C=O) groups is 2. The normalized spacial score (nSPS) is 17.0. The molecule has 1 N–H and O–H groups in total. The Morgan fingerprint density at radius 1 is 1.33 bits per heavy atom. The van der Waals surface area contributed by atoms with Crippen LogP contribution in [0.25, 0.3) is 0 Å². The molecule has 0 spiro atoms. The topological polar surface area (TPSA) is 80.3 Å². The zero-order valence-electron chi connectivity index (χ0n) is 7.77. The minimum absolute atomic E-state index is 0.0833. The zero-order valence-corrected chi connectivity index (χ0v) is 8.59. The molecule has 1 aliphatic rings. The van der Waals surface area contributed by atoms with Gasteiger partial charge in [-0.1, -0.05) is 6.07 Å². The number of benzene rings is 1. The van der Waals surface area contributed by atoms with Crippen LogP contribution in [-0.4, -0.2) is 20.1 Å². The van der Waals surface area contributed by atoms with Crippen molar-refractivity contribution in [1.82, 2.24) is 4.72 Å².